The number of aromatic nitrogens is 2. The molecule has 0 radical (unpaired) electrons. The van der Waals surface area contributed by atoms with Crippen LogP contribution in [0.15, 0.2) is 53.7 Å². The van der Waals surface area contributed by atoms with E-state index >= 15 is 0 Å². The number of H-pyrrole nitrogens is 1. The highest BCUT2D eigenvalue weighted by Crippen LogP contribution is 2.30. The van der Waals surface area contributed by atoms with Crippen molar-refractivity contribution in [3.05, 3.63) is 59.9 Å². The van der Waals surface area contributed by atoms with Crippen LogP contribution in [0.2, 0.25) is 0 Å². The van der Waals surface area contributed by atoms with Crippen LogP contribution >= 0.6 is 0 Å². The molecule has 0 spiro atoms. The van der Waals surface area contributed by atoms with E-state index in [4.69, 9.17) is 0 Å². The highest BCUT2D eigenvalue weighted by molar-refractivity contribution is 6.14. The first-order valence-corrected chi connectivity index (χ1v) is 8.25. The van der Waals surface area contributed by atoms with Crippen LogP contribution in [-0.4, -0.2) is 39.4 Å². The zero-order valence-corrected chi connectivity index (χ0v) is 14.4. The van der Waals surface area contributed by atoms with Crippen molar-refractivity contribution in [1.82, 2.24) is 15.3 Å². The number of rotatable bonds is 3. The highest BCUT2D eigenvalue weighted by atomic mass is 16.3. The number of carbonyl (C=O) groups is 1. The maximum Gasteiger partial charge on any atom is 0.271 e. The first-order chi connectivity index (χ1) is 13.1. The molecule has 0 aliphatic rings. The number of amides is 1. The molecule has 27 heavy (non-hydrogen) atoms. The van der Waals surface area contributed by atoms with Gasteiger partial charge < -0.3 is 20.5 Å². The predicted octanol–water partition coefficient (Wildman–Crippen LogP) is 3.24. The molecular formula is C20H16N4O3. The molecule has 1 amide bonds. The number of nitrogens with one attached hydrogen (secondary N) is 2. The lowest BCUT2D eigenvalue weighted by molar-refractivity contribution is 0.0960. The van der Waals surface area contributed by atoms with Crippen LogP contribution in [0.4, 0.5) is 5.69 Å². The van der Waals surface area contributed by atoms with Crippen molar-refractivity contribution >= 4 is 39.6 Å². The number of fused-ring (bicyclic) bond motifs is 3. The molecule has 0 fully saturated rings. The van der Waals surface area contributed by atoms with Gasteiger partial charge in [-0.05, 0) is 36.4 Å². The van der Waals surface area contributed by atoms with Crippen LogP contribution in [0, 0.1) is 0 Å². The Morgan fingerprint density at radius 3 is 2.78 bits per heavy atom. The summed E-state index contributed by atoms with van der Waals surface area (Å²) in [5.74, 6) is -0.313. The van der Waals surface area contributed by atoms with E-state index in [1.54, 1.807) is 19.3 Å². The van der Waals surface area contributed by atoms with Gasteiger partial charge in [-0.15, -0.1) is 0 Å². The minimum atomic E-state index is -0.256. The van der Waals surface area contributed by atoms with E-state index in [1.165, 1.54) is 18.3 Å². The molecule has 7 nitrogen and oxygen atoms in total. The number of benzene rings is 2. The summed E-state index contributed by atoms with van der Waals surface area (Å²) in [6, 6.07) is 11.8. The van der Waals surface area contributed by atoms with E-state index in [1.807, 2.05) is 24.3 Å². The Morgan fingerprint density at radius 2 is 2.00 bits per heavy atom. The maximum absolute atomic E-state index is 12.0. The number of aromatic hydroxyl groups is 2. The second-order valence-corrected chi connectivity index (χ2v) is 6.02. The molecule has 0 bridgehead atoms. The smallest absolute Gasteiger partial charge is 0.271 e. The fraction of sp³-hybridized carbons (Fsp3) is 0.0500. The van der Waals surface area contributed by atoms with Crippen molar-refractivity contribution in [3.8, 4) is 11.5 Å². The van der Waals surface area contributed by atoms with E-state index in [9.17, 15) is 15.0 Å². The number of hydrogen-bond acceptors (Lipinski definition) is 5. The average Bonchev–Trinajstić information content (AvgIpc) is 3.04. The fourth-order valence-electron chi connectivity index (χ4n) is 2.97. The number of nitrogens with zero attached hydrogens (tertiary/aromatic N) is 2. The monoisotopic (exact) mass is 360 g/mol. The Hall–Kier alpha value is -3.87. The van der Waals surface area contributed by atoms with Gasteiger partial charge in [0.25, 0.3) is 5.91 Å². The van der Waals surface area contributed by atoms with Crippen LogP contribution in [0.5, 0.6) is 11.5 Å². The van der Waals surface area contributed by atoms with E-state index in [-0.39, 0.29) is 17.4 Å². The molecular weight excluding hydrogens is 344 g/mol. The second-order valence-electron chi connectivity index (χ2n) is 6.02. The number of carbonyl (C=O) groups excluding carboxylic acids is 1. The van der Waals surface area contributed by atoms with Crippen LogP contribution in [-0.2, 0) is 0 Å². The molecule has 0 saturated heterocycles. The van der Waals surface area contributed by atoms with Gasteiger partial charge in [0, 0.05) is 47.4 Å². The standard InChI is InChI=1S/C20H16N4O3/c1-21-20(27)19-18-14(6-7-22-19)15-8-12(3-5-16(15)24-18)23-10-11-2-4-13(25)9-17(11)26/h2-10,24-26H,1H3,(H,21,27). The Labute approximate surface area is 154 Å². The molecule has 0 aliphatic heterocycles. The van der Waals surface area contributed by atoms with Crippen molar-refractivity contribution in [1.29, 1.82) is 0 Å². The Morgan fingerprint density at radius 1 is 1.15 bits per heavy atom. The number of aliphatic imine (C=N–C) groups is 1. The SMILES string of the molecule is CNC(=O)c1nccc2c1[nH]c1ccc(N=Cc3ccc(O)cc3O)cc12. The van der Waals surface area contributed by atoms with Crippen molar-refractivity contribution in [2.75, 3.05) is 7.05 Å². The van der Waals surface area contributed by atoms with Crippen molar-refractivity contribution in [2.24, 2.45) is 4.99 Å². The molecule has 4 rings (SSSR count). The number of aromatic amines is 1. The lowest BCUT2D eigenvalue weighted by atomic mass is 10.1. The molecule has 2 aromatic carbocycles. The lowest BCUT2D eigenvalue weighted by Gasteiger charge is -2.00. The van der Waals surface area contributed by atoms with Gasteiger partial charge in [0.2, 0.25) is 0 Å². The largest absolute Gasteiger partial charge is 0.508 e. The topological polar surface area (TPSA) is 111 Å². The molecule has 0 unspecified atom stereocenters. The van der Waals surface area contributed by atoms with Gasteiger partial charge in [0.1, 0.15) is 11.5 Å². The molecule has 0 saturated carbocycles. The first kappa shape index (κ1) is 16.6. The number of phenolic OH excluding ortho intramolecular Hbond substituents is 2. The third-order valence-corrected chi connectivity index (χ3v) is 4.31. The predicted molar refractivity (Wildman–Crippen MR) is 104 cm³/mol. The number of hydrogen-bond donors (Lipinski definition) is 4. The van der Waals surface area contributed by atoms with Crippen LogP contribution in [0.3, 0.4) is 0 Å². The molecule has 2 aromatic heterocycles. The van der Waals surface area contributed by atoms with E-state index < -0.39 is 0 Å². The molecule has 4 N–H and O–H groups in total. The van der Waals surface area contributed by atoms with Gasteiger partial charge in [-0.3, -0.25) is 9.79 Å². The van der Waals surface area contributed by atoms with Crippen molar-refractivity contribution in [3.63, 3.8) is 0 Å². The molecule has 2 heterocycles. The summed E-state index contributed by atoms with van der Waals surface area (Å²) in [5, 5.41) is 23.6. The van der Waals surface area contributed by atoms with E-state index in [0.29, 0.717) is 22.5 Å². The zero-order valence-electron chi connectivity index (χ0n) is 14.4. The number of phenols is 2. The van der Waals surface area contributed by atoms with E-state index in [0.717, 1.165) is 16.3 Å². The maximum atomic E-state index is 12.0. The summed E-state index contributed by atoms with van der Waals surface area (Å²) in [6.07, 6.45) is 3.13. The average molecular weight is 360 g/mol. The Balaban J connectivity index is 1.79. The first-order valence-electron chi connectivity index (χ1n) is 8.25. The highest BCUT2D eigenvalue weighted by Gasteiger charge is 2.14. The zero-order chi connectivity index (χ0) is 19.0. The summed E-state index contributed by atoms with van der Waals surface area (Å²) in [7, 11) is 1.57. The minimum absolute atomic E-state index is 0.00890. The quantitative estimate of drug-likeness (QED) is 0.420. The lowest BCUT2D eigenvalue weighted by Crippen LogP contribution is -2.19. The molecule has 134 valence electrons. The Bertz CT molecular complexity index is 1210. The van der Waals surface area contributed by atoms with Crippen molar-refractivity contribution < 1.29 is 15.0 Å². The van der Waals surface area contributed by atoms with Crippen molar-refractivity contribution in [2.45, 2.75) is 0 Å². The summed E-state index contributed by atoms with van der Waals surface area (Å²) in [4.78, 5) is 23.8. The van der Waals surface area contributed by atoms with Gasteiger partial charge >= 0.3 is 0 Å². The summed E-state index contributed by atoms with van der Waals surface area (Å²) >= 11 is 0. The van der Waals surface area contributed by atoms with E-state index in [2.05, 4.69) is 20.3 Å². The normalized spacial score (nSPS) is 11.4. The molecule has 7 heteroatoms. The summed E-state index contributed by atoms with van der Waals surface area (Å²) < 4.78 is 0. The molecule has 0 atom stereocenters. The second kappa shape index (κ2) is 6.45. The fourth-order valence-corrected chi connectivity index (χ4v) is 2.97. The molecule has 0 aliphatic carbocycles. The third kappa shape index (κ3) is 2.95. The van der Waals surface area contributed by atoms with Gasteiger partial charge in [-0.2, -0.15) is 0 Å². The van der Waals surface area contributed by atoms with Crippen LogP contribution in [0.1, 0.15) is 16.1 Å². The summed E-state index contributed by atoms with van der Waals surface area (Å²) in [5.41, 5.74) is 3.07. The number of pyridine rings is 1. The molecule has 4 aromatic rings. The van der Waals surface area contributed by atoms with Gasteiger partial charge in [-0.1, -0.05) is 0 Å². The van der Waals surface area contributed by atoms with Gasteiger partial charge in [0.05, 0.1) is 11.2 Å². The Kier molecular flexibility index (Phi) is 3.97. The van der Waals surface area contributed by atoms with Gasteiger partial charge in [0.15, 0.2) is 5.69 Å². The van der Waals surface area contributed by atoms with Crippen LogP contribution in [0.25, 0.3) is 21.8 Å². The third-order valence-electron chi connectivity index (χ3n) is 4.31. The minimum Gasteiger partial charge on any atom is -0.508 e. The van der Waals surface area contributed by atoms with Gasteiger partial charge in [-0.25, -0.2) is 4.98 Å². The summed E-state index contributed by atoms with van der Waals surface area (Å²) in [6.45, 7) is 0. The van der Waals surface area contributed by atoms with Crippen LogP contribution < -0.4 is 5.32 Å².